The van der Waals surface area contributed by atoms with Crippen LogP contribution in [0.1, 0.15) is 55.6 Å². The lowest BCUT2D eigenvalue weighted by atomic mass is 9.87. The summed E-state index contributed by atoms with van der Waals surface area (Å²) in [5, 5.41) is 22.8. The van der Waals surface area contributed by atoms with Crippen molar-refractivity contribution in [1.29, 1.82) is 5.41 Å². The minimum absolute atomic E-state index is 0.00655. The largest absolute Gasteiger partial charge is 0.382 e. The molecule has 0 spiro atoms. The van der Waals surface area contributed by atoms with Gasteiger partial charge in [-0.25, -0.2) is 4.79 Å². The van der Waals surface area contributed by atoms with Gasteiger partial charge in [-0.05, 0) is 61.8 Å². The van der Waals surface area contributed by atoms with E-state index in [1.165, 1.54) is 0 Å². The standard InChI is InChI=1S/C29H42N10O3/c1-19(2)20-9-12-38(13-10-20)29(41)33-23-4-3-11-39(18-23)28-34-26(24(25(30)31)35-36-28)32-22-7-5-21(6-8-22)27(40)37-14-16-42-17-15-37/h5-8,19-20,23H,3-4,9-18H2,1-2H3,(H3,30,31)(H,33,41)(H,32,34,36)/t23-/m1/s1. The van der Waals surface area contributed by atoms with Crippen LogP contribution in [0.4, 0.5) is 22.2 Å². The predicted molar refractivity (Wildman–Crippen MR) is 160 cm³/mol. The third kappa shape index (κ3) is 7.07. The number of amides is 3. The van der Waals surface area contributed by atoms with E-state index in [0.717, 1.165) is 45.3 Å². The van der Waals surface area contributed by atoms with Gasteiger partial charge in [-0.1, -0.05) is 13.8 Å². The van der Waals surface area contributed by atoms with E-state index in [1.54, 1.807) is 29.2 Å². The Morgan fingerprint density at radius 1 is 1.00 bits per heavy atom. The summed E-state index contributed by atoms with van der Waals surface area (Å²) in [4.78, 5) is 36.2. The second-order valence-electron chi connectivity index (χ2n) is 11.6. The number of morpholine rings is 1. The second kappa shape index (κ2) is 13.3. The molecule has 42 heavy (non-hydrogen) atoms. The number of likely N-dealkylation sites (tertiary alicyclic amines) is 1. The van der Waals surface area contributed by atoms with Crippen molar-refractivity contribution in [2.75, 3.05) is 62.7 Å². The minimum Gasteiger partial charge on any atom is -0.382 e. The van der Waals surface area contributed by atoms with Crippen LogP contribution in [0, 0.1) is 17.2 Å². The quantitative estimate of drug-likeness (QED) is 0.285. The molecule has 3 amide bonds. The van der Waals surface area contributed by atoms with Crippen LogP contribution < -0.4 is 21.3 Å². The molecule has 0 unspecified atom stereocenters. The number of piperidine rings is 2. The molecule has 1 aromatic heterocycles. The lowest BCUT2D eigenvalue weighted by Crippen LogP contribution is -2.53. The van der Waals surface area contributed by atoms with E-state index < -0.39 is 0 Å². The van der Waals surface area contributed by atoms with Gasteiger partial charge in [0.1, 0.15) is 5.84 Å². The van der Waals surface area contributed by atoms with Gasteiger partial charge in [0, 0.05) is 56.6 Å². The zero-order valence-corrected chi connectivity index (χ0v) is 24.5. The Balaban J connectivity index is 1.23. The number of nitrogens with one attached hydrogen (secondary N) is 3. The maximum atomic E-state index is 13.0. The number of rotatable bonds is 7. The van der Waals surface area contributed by atoms with Crippen molar-refractivity contribution in [3.05, 3.63) is 35.5 Å². The first-order chi connectivity index (χ1) is 20.3. The molecule has 0 aliphatic carbocycles. The smallest absolute Gasteiger partial charge is 0.317 e. The monoisotopic (exact) mass is 578 g/mol. The van der Waals surface area contributed by atoms with E-state index in [0.29, 0.717) is 67.7 Å². The van der Waals surface area contributed by atoms with Crippen LogP contribution in [0.3, 0.4) is 0 Å². The van der Waals surface area contributed by atoms with Gasteiger partial charge in [-0.15, -0.1) is 10.2 Å². The van der Waals surface area contributed by atoms with Crippen LogP contribution in [-0.2, 0) is 4.74 Å². The molecule has 5 rings (SSSR count). The summed E-state index contributed by atoms with van der Waals surface area (Å²) < 4.78 is 5.34. The molecule has 13 heteroatoms. The number of carbonyl (C=O) groups excluding carboxylic acids is 2. The van der Waals surface area contributed by atoms with E-state index in [4.69, 9.17) is 15.9 Å². The summed E-state index contributed by atoms with van der Waals surface area (Å²) >= 11 is 0. The van der Waals surface area contributed by atoms with Crippen molar-refractivity contribution in [2.45, 2.75) is 45.6 Å². The van der Waals surface area contributed by atoms with E-state index in [-0.39, 0.29) is 29.5 Å². The van der Waals surface area contributed by atoms with Crippen molar-refractivity contribution in [2.24, 2.45) is 17.6 Å². The van der Waals surface area contributed by atoms with Gasteiger partial charge < -0.3 is 35.8 Å². The first-order valence-electron chi connectivity index (χ1n) is 14.9. The first-order valence-corrected chi connectivity index (χ1v) is 14.9. The van der Waals surface area contributed by atoms with Crippen LogP contribution in [-0.4, -0.2) is 101 Å². The molecule has 13 nitrogen and oxygen atoms in total. The number of urea groups is 1. The Bertz CT molecular complexity index is 1260. The third-order valence-corrected chi connectivity index (χ3v) is 8.43. The molecular weight excluding hydrogens is 536 g/mol. The molecule has 2 aromatic rings. The Labute approximate surface area is 246 Å². The summed E-state index contributed by atoms with van der Waals surface area (Å²) in [7, 11) is 0. The van der Waals surface area contributed by atoms with E-state index >= 15 is 0 Å². The van der Waals surface area contributed by atoms with Crippen molar-refractivity contribution in [3.8, 4) is 0 Å². The van der Waals surface area contributed by atoms with Crippen molar-refractivity contribution >= 4 is 35.2 Å². The van der Waals surface area contributed by atoms with E-state index in [9.17, 15) is 9.59 Å². The highest BCUT2D eigenvalue weighted by Crippen LogP contribution is 2.25. The molecule has 3 aliphatic rings. The van der Waals surface area contributed by atoms with Crippen LogP contribution >= 0.6 is 0 Å². The Kier molecular flexibility index (Phi) is 9.35. The fourth-order valence-electron chi connectivity index (χ4n) is 5.81. The highest BCUT2D eigenvalue weighted by atomic mass is 16.5. The lowest BCUT2D eigenvalue weighted by molar-refractivity contribution is 0.0303. The van der Waals surface area contributed by atoms with Crippen LogP contribution in [0.5, 0.6) is 0 Å². The molecule has 3 aliphatic heterocycles. The number of aromatic nitrogens is 3. The number of nitrogen functional groups attached to an aromatic ring is 1. The van der Waals surface area contributed by atoms with Gasteiger partial charge in [-0.2, -0.15) is 4.98 Å². The van der Waals surface area contributed by atoms with Crippen molar-refractivity contribution < 1.29 is 14.3 Å². The van der Waals surface area contributed by atoms with Gasteiger partial charge in [0.05, 0.1) is 13.2 Å². The average molecular weight is 579 g/mol. The minimum atomic E-state index is -0.256. The van der Waals surface area contributed by atoms with E-state index in [2.05, 4.69) is 39.7 Å². The molecule has 1 atom stereocenters. The van der Waals surface area contributed by atoms with Gasteiger partial charge in [0.15, 0.2) is 11.5 Å². The fraction of sp³-hybridized carbons (Fsp3) is 0.586. The van der Waals surface area contributed by atoms with Gasteiger partial charge in [-0.3, -0.25) is 10.2 Å². The van der Waals surface area contributed by atoms with Crippen LogP contribution in [0.2, 0.25) is 0 Å². The molecule has 4 heterocycles. The van der Waals surface area contributed by atoms with Crippen LogP contribution in [0.15, 0.2) is 24.3 Å². The number of anilines is 3. The summed E-state index contributed by atoms with van der Waals surface area (Å²) in [6.07, 6.45) is 3.85. The SMILES string of the molecule is CC(C)C1CCN(C(=O)N[C@@H]2CCCN(c3nnc(C(=N)N)c(Nc4ccc(C(=O)N5CCOCC5)cc4)n3)C2)CC1. The zero-order valence-electron chi connectivity index (χ0n) is 24.5. The van der Waals surface area contributed by atoms with Crippen molar-refractivity contribution in [3.63, 3.8) is 0 Å². The number of hydrogen-bond donors (Lipinski definition) is 4. The first kappa shape index (κ1) is 29.5. The molecule has 3 fully saturated rings. The fourth-order valence-corrected chi connectivity index (χ4v) is 5.81. The third-order valence-electron chi connectivity index (χ3n) is 8.43. The number of nitrogens with zero attached hydrogens (tertiary/aromatic N) is 6. The Morgan fingerprint density at radius 2 is 1.71 bits per heavy atom. The molecule has 0 radical (unpaired) electrons. The highest BCUT2D eigenvalue weighted by molar-refractivity contribution is 5.98. The summed E-state index contributed by atoms with van der Waals surface area (Å²) in [6.45, 7) is 9.63. The molecule has 3 saturated heterocycles. The summed E-state index contributed by atoms with van der Waals surface area (Å²) in [5.74, 6) is 1.74. The predicted octanol–water partition coefficient (Wildman–Crippen LogP) is 2.42. The average Bonchev–Trinajstić information content (AvgIpc) is 3.01. The number of amidine groups is 1. The van der Waals surface area contributed by atoms with Crippen LogP contribution in [0.25, 0.3) is 0 Å². The van der Waals surface area contributed by atoms with Gasteiger partial charge >= 0.3 is 6.03 Å². The molecular formula is C29H42N10O3. The molecule has 226 valence electrons. The maximum Gasteiger partial charge on any atom is 0.317 e. The molecule has 0 saturated carbocycles. The van der Waals surface area contributed by atoms with Crippen molar-refractivity contribution in [1.82, 2.24) is 30.3 Å². The Morgan fingerprint density at radius 3 is 2.38 bits per heavy atom. The lowest BCUT2D eigenvalue weighted by Gasteiger charge is -2.37. The number of benzene rings is 1. The molecule has 1 aromatic carbocycles. The maximum absolute atomic E-state index is 13.0. The molecule has 5 N–H and O–H groups in total. The summed E-state index contributed by atoms with van der Waals surface area (Å²) in [5.41, 5.74) is 7.19. The zero-order chi connectivity index (χ0) is 29.6. The second-order valence-corrected chi connectivity index (χ2v) is 11.6. The number of nitrogens with two attached hydrogens (primary N) is 1. The Hall–Kier alpha value is -4.00. The van der Waals surface area contributed by atoms with Gasteiger partial charge in [0.25, 0.3) is 5.91 Å². The summed E-state index contributed by atoms with van der Waals surface area (Å²) in [6, 6.07) is 7.05. The molecule has 0 bridgehead atoms. The normalized spacial score (nSPS) is 20.0. The number of carbonyl (C=O) groups is 2. The number of ether oxygens (including phenoxy) is 1. The van der Waals surface area contributed by atoms with Gasteiger partial charge in [0.2, 0.25) is 5.95 Å². The van der Waals surface area contributed by atoms with E-state index in [1.807, 2.05) is 9.80 Å². The number of hydrogen-bond acceptors (Lipinski definition) is 9. The highest BCUT2D eigenvalue weighted by Gasteiger charge is 2.29. The topological polar surface area (TPSA) is 166 Å².